The summed E-state index contributed by atoms with van der Waals surface area (Å²) in [6, 6.07) is 6.16. The Balaban J connectivity index is 1.58. The Labute approximate surface area is 116 Å². The summed E-state index contributed by atoms with van der Waals surface area (Å²) in [7, 11) is 0. The van der Waals surface area contributed by atoms with Crippen LogP contribution in [-0.4, -0.2) is 42.0 Å². The van der Waals surface area contributed by atoms with E-state index in [1.807, 2.05) is 6.07 Å². The van der Waals surface area contributed by atoms with E-state index in [-0.39, 0.29) is 5.82 Å². The number of rotatable bonds is 3. The molecule has 4 heteroatoms. The van der Waals surface area contributed by atoms with Crippen LogP contribution < -0.4 is 0 Å². The molecule has 1 saturated heterocycles. The van der Waals surface area contributed by atoms with Crippen LogP contribution in [-0.2, 0) is 6.54 Å². The monoisotopic (exact) mass is 312 g/mol. The molecule has 2 fully saturated rings. The van der Waals surface area contributed by atoms with Crippen molar-refractivity contribution >= 4 is 15.9 Å². The van der Waals surface area contributed by atoms with Gasteiger partial charge in [-0.3, -0.25) is 9.80 Å². The summed E-state index contributed by atoms with van der Waals surface area (Å²) in [6.45, 7) is 5.37. The molecule has 1 aromatic carbocycles. The van der Waals surface area contributed by atoms with Gasteiger partial charge in [0, 0.05) is 38.8 Å². The molecule has 98 valence electrons. The van der Waals surface area contributed by atoms with Crippen molar-refractivity contribution in [2.45, 2.75) is 25.4 Å². The first-order chi connectivity index (χ1) is 8.74. The van der Waals surface area contributed by atoms with Gasteiger partial charge in [-0.15, -0.1) is 0 Å². The van der Waals surface area contributed by atoms with Gasteiger partial charge in [-0.1, -0.05) is 12.1 Å². The van der Waals surface area contributed by atoms with E-state index in [1.54, 1.807) is 6.07 Å². The van der Waals surface area contributed by atoms with Gasteiger partial charge in [0.05, 0.1) is 4.47 Å². The topological polar surface area (TPSA) is 6.48 Å². The first-order valence-electron chi connectivity index (χ1n) is 6.63. The molecule has 1 saturated carbocycles. The van der Waals surface area contributed by atoms with Crippen molar-refractivity contribution in [3.8, 4) is 0 Å². The third-order valence-electron chi connectivity index (χ3n) is 3.90. The zero-order chi connectivity index (χ0) is 12.5. The Hall–Kier alpha value is -0.450. The summed E-state index contributed by atoms with van der Waals surface area (Å²) < 4.78 is 14.1. The van der Waals surface area contributed by atoms with Gasteiger partial charge in [0.2, 0.25) is 0 Å². The second kappa shape index (κ2) is 5.27. The second-order valence-corrected chi connectivity index (χ2v) is 6.05. The van der Waals surface area contributed by atoms with Gasteiger partial charge in [0.15, 0.2) is 0 Å². The van der Waals surface area contributed by atoms with Crippen LogP contribution in [0.15, 0.2) is 22.7 Å². The quantitative estimate of drug-likeness (QED) is 0.847. The van der Waals surface area contributed by atoms with Crippen molar-refractivity contribution in [2.75, 3.05) is 26.2 Å². The van der Waals surface area contributed by atoms with E-state index < -0.39 is 0 Å². The van der Waals surface area contributed by atoms with Crippen LogP contribution in [0, 0.1) is 5.82 Å². The lowest BCUT2D eigenvalue weighted by molar-refractivity contribution is 0.121. The van der Waals surface area contributed by atoms with E-state index in [1.165, 1.54) is 18.9 Å². The molecule has 2 nitrogen and oxygen atoms in total. The maximum atomic E-state index is 13.4. The van der Waals surface area contributed by atoms with Gasteiger partial charge < -0.3 is 0 Å². The summed E-state index contributed by atoms with van der Waals surface area (Å²) in [5, 5.41) is 0. The SMILES string of the molecule is Fc1cccc(CN2CCN(C3CC3)CC2)c1Br. The van der Waals surface area contributed by atoms with Gasteiger partial charge >= 0.3 is 0 Å². The summed E-state index contributed by atoms with van der Waals surface area (Å²) >= 11 is 3.34. The number of nitrogens with zero attached hydrogens (tertiary/aromatic N) is 2. The number of piperazine rings is 1. The minimum Gasteiger partial charge on any atom is -0.298 e. The van der Waals surface area contributed by atoms with E-state index in [4.69, 9.17) is 0 Å². The smallest absolute Gasteiger partial charge is 0.137 e. The molecule has 0 radical (unpaired) electrons. The predicted molar refractivity (Wildman–Crippen MR) is 74.0 cm³/mol. The summed E-state index contributed by atoms with van der Waals surface area (Å²) in [4.78, 5) is 5.01. The summed E-state index contributed by atoms with van der Waals surface area (Å²) in [6.07, 6.45) is 2.77. The molecule has 0 aromatic heterocycles. The molecule has 1 aliphatic carbocycles. The number of hydrogen-bond acceptors (Lipinski definition) is 2. The van der Waals surface area contributed by atoms with Crippen LogP contribution in [0.2, 0.25) is 0 Å². The molecule has 18 heavy (non-hydrogen) atoms. The van der Waals surface area contributed by atoms with Crippen LogP contribution in [0.5, 0.6) is 0 Å². The second-order valence-electron chi connectivity index (χ2n) is 5.26. The molecule has 0 amide bonds. The lowest BCUT2D eigenvalue weighted by Crippen LogP contribution is -2.46. The van der Waals surface area contributed by atoms with Crippen molar-refractivity contribution < 1.29 is 4.39 Å². The highest BCUT2D eigenvalue weighted by Gasteiger charge is 2.31. The minimum absolute atomic E-state index is 0.163. The molecule has 1 aromatic rings. The van der Waals surface area contributed by atoms with Crippen molar-refractivity contribution in [3.05, 3.63) is 34.1 Å². The van der Waals surface area contributed by atoms with E-state index in [2.05, 4.69) is 25.7 Å². The van der Waals surface area contributed by atoms with Crippen LogP contribution in [0.4, 0.5) is 4.39 Å². The Bertz CT molecular complexity index is 426. The van der Waals surface area contributed by atoms with Crippen molar-refractivity contribution in [1.29, 1.82) is 0 Å². The Morgan fingerprint density at radius 2 is 1.89 bits per heavy atom. The highest BCUT2D eigenvalue weighted by molar-refractivity contribution is 9.10. The highest BCUT2D eigenvalue weighted by Crippen LogP contribution is 2.28. The average Bonchev–Trinajstić information content (AvgIpc) is 3.20. The molecule has 0 atom stereocenters. The number of hydrogen-bond donors (Lipinski definition) is 0. The molecule has 0 unspecified atom stereocenters. The van der Waals surface area contributed by atoms with Crippen LogP contribution in [0.1, 0.15) is 18.4 Å². The summed E-state index contributed by atoms with van der Waals surface area (Å²) in [5.41, 5.74) is 1.05. The molecule has 0 bridgehead atoms. The Morgan fingerprint density at radius 1 is 1.17 bits per heavy atom. The Kier molecular flexibility index (Phi) is 3.68. The fourth-order valence-electron chi connectivity index (χ4n) is 2.64. The first-order valence-corrected chi connectivity index (χ1v) is 7.42. The van der Waals surface area contributed by atoms with Crippen LogP contribution in [0.3, 0.4) is 0 Å². The molecule has 1 heterocycles. The fourth-order valence-corrected chi connectivity index (χ4v) is 3.03. The maximum Gasteiger partial charge on any atom is 0.137 e. The van der Waals surface area contributed by atoms with Gasteiger partial charge in [-0.25, -0.2) is 4.39 Å². The largest absolute Gasteiger partial charge is 0.298 e. The lowest BCUT2D eigenvalue weighted by atomic mass is 10.2. The average molecular weight is 313 g/mol. The number of halogens is 2. The highest BCUT2D eigenvalue weighted by atomic mass is 79.9. The molecular formula is C14H18BrFN2. The molecule has 1 aliphatic heterocycles. The normalized spacial score (nSPS) is 22.3. The molecular weight excluding hydrogens is 295 g/mol. The van der Waals surface area contributed by atoms with E-state index in [0.717, 1.165) is 44.3 Å². The van der Waals surface area contributed by atoms with E-state index >= 15 is 0 Å². The van der Waals surface area contributed by atoms with Gasteiger partial charge in [-0.05, 0) is 40.4 Å². The zero-order valence-electron chi connectivity index (χ0n) is 10.4. The fraction of sp³-hybridized carbons (Fsp3) is 0.571. The van der Waals surface area contributed by atoms with Gasteiger partial charge in [0.25, 0.3) is 0 Å². The first kappa shape index (κ1) is 12.6. The summed E-state index contributed by atoms with van der Waals surface area (Å²) in [5.74, 6) is -0.163. The lowest BCUT2D eigenvalue weighted by Gasteiger charge is -2.35. The van der Waals surface area contributed by atoms with E-state index in [9.17, 15) is 4.39 Å². The maximum absolute atomic E-state index is 13.4. The van der Waals surface area contributed by atoms with Crippen molar-refractivity contribution in [2.24, 2.45) is 0 Å². The third kappa shape index (κ3) is 2.76. The Morgan fingerprint density at radius 3 is 2.56 bits per heavy atom. The minimum atomic E-state index is -0.163. The van der Waals surface area contributed by atoms with Crippen LogP contribution >= 0.6 is 15.9 Å². The van der Waals surface area contributed by atoms with Crippen molar-refractivity contribution in [1.82, 2.24) is 9.80 Å². The third-order valence-corrected chi connectivity index (χ3v) is 4.78. The standard InChI is InChI=1S/C14H18BrFN2/c15-14-11(2-1-3-13(14)16)10-17-6-8-18(9-7-17)12-4-5-12/h1-3,12H,4-10H2. The van der Waals surface area contributed by atoms with Gasteiger partial charge in [-0.2, -0.15) is 0 Å². The molecule has 0 spiro atoms. The molecule has 2 aliphatic rings. The predicted octanol–water partition coefficient (Wildman–Crippen LogP) is 2.87. The van der Waals surface area contributed by atoms with Crippen LogP contribution in [0.25, 0.3) is 0 Å². The van der Waals surface area contributed by atoms with Gasteiger partial charge in [0.1, 0.15) is 5.82 Å². The van der Waals surface area contributed by atoms with Crippen molar-refractivity contribution in [3.63, 3.8) is 0 Å². The molecule has 3 rings (SSSR count). The number of benzene rings is 1. The van der Waals surface area contributed by atoms with E-state index in [0.29, 0.717) is 4.47 Å². The zero-order valence-corrected chi connectivity index (χ0v) is 12.0. The molecule has 0 N–H and O–H groups in total.